The zero-order valence-electron chi connectivity index (χ0n) is 20.1. The molecule has 14 heteroatoms. The number of halogens is 5. The molecule has 0 bridgehead atoms. The highest BCUT2D eigenvalue weighted by atomic mass is 32.2. The van der Waals surface area contributed by atoms with Crippen LogP contribution in [0.15, 0.2) is 48.8 Å². The first-order chi connectivity index (χ1) is 18.0. The predicted octanol–water partition coefficient (Wildman–Crippen LogP) is 5.69. The van der Waals surface area contributed by atoms with Gasteiger partial charge >= 0.3 is 12.2 Å². The van der Waals surface area contributed by atoms with Crippen molar-refractivity contribution >= 4 is 41.6 Å². The normalized spacial score (nSPS) is 12.0. The Labute approximate surface area is 219 Å². The molecule has 3 rings (SSSR count). The molecular formula is C24H23F5N6O2S. The molecule has 3 aromatic rings. The average molecular weight is 555 g/mol. The molecule has 1 aromatic heterocycles. The molecule has 1 heterocycles. The first-order valence-corrected chi connectivity index (χ1v) is 12.3. The van der Waals surface area contributed by atoms with Gasteiger partial charge < -0.3 is 14.9 Å². The van der Waals surface area contributed by atoms with Gasteiger partial charge in [0.25, 0.3) is 0 Å². The van der Waals surface area contributed by atoms with E-state index >= 15 is 8.78 Å². The molecule has 0 aliphatic rings. The van der Waals surface area contributed by atoms with Gasteiger partial charge in [0.2, 0.25) is 6.41 Å². The Kier molecular flexibility index (Phi) is 9.45. The Hall–Kier alpha value is -3.94. The van der Waals surface area contributed by atoms with Crippen LogP contribution in [-0.4, -0.2) is 41.3 Å². The van der Waals surface area contributed by atoms with Gasteiger partial charge in [0.05, 0.1) is 23.8 Å². The lowest BCUT2D eigenvalue weighted by Gasteiger charge is -2.22. The number of anilines is 3. The van der Waals surface area contributed by atoms with E-state index in [0.717, 1.165) is 11.1 Å². The molecule has 0 unspecified atom stereocenters. The van der Waals surface area contributed by atoms with Gasteiger partial charge in [0.15, 0.2) is 23.1 Å². The van der Waals surface area contributed by atoms with E-state index in [1.54, 1.807) is 37.4 Å². The number of alkyl halides is 3. The summed E-state index contributed by atoms with van der Waals surface area (Å²) in [5.41, 5.74) is -0.411. The molecule has 0 radical (unpaired) electrons. The van der Waals surface area contributed by atoms with Crippen LogP contribution in [0, 0.1) is 11.6 Å². The Morgan fingerprint density at radius 1 is 1.08 bits per heavy atom. The van der Waals surface area contributed by atoms with Crippen molar-refractivity contribution in [2.24, 2.45) is 0 Å². The molecule has 3 amide bonds. The number of benzene rings is 2. The van der Waals surface area contributed by atoms with Crippen molar-refractivity contribution in [2.75, 3.05) is 27.7 Å². The Morgan fingerprint density at radius 3 is 2.45 bits per heavy atom. The van der Waals surface area contributed by atoms with E-state index in [9.17, 15) is 22.8 Å². The summed E-state index contributed by atoms with van der Waals surface area (Å²) in [6, 6.07) is 8.16. The maximum absolute atomic E-state index is 15.0. The topological polar surface area (TPSA) is 99.2 Å². The van der Waals surface area contributed by atoms with Crippen LogP contribution >= 0.6 is 11.9 Å². The molecular weight excluding hydrogens is 531 g/mol. The first kappa shape index (κ1) is 28.6. The molecule has 0 saturated heterocycles. The summed E-state index contributed by atoms with van der Waals surface area (Å²) >= 11 is 1.30. The van der Waals surface area contributed by atoms with Gasteiger partial charge in [-0.2, -0.15) is 13.2 Å². The van der Waals surface area contributed by atoms with Crippen molar-refractivity contribution in [3.8, 4) is 11.1 Å². The molecule has 0 spiro atoms. The second kappa shape index (κ2) is 12.5. The number of rotatable bonds is 10. The van der Waals surface area contributed by atoms with Crippen LogP contribution in [0.5, 0.6) is 0 Å². The quantitative estimate of drug-likeness (QED) is 0.169. The van der Waals surface area contributed by atoms with E-state index in [4.69, 9.17) is 0 Å². The van der Waals surface area contributed by atoms with Crippen LogP contribution < -0.4 is 20.3 Å². The lowest BCUT2D eigenvalue weighted by atomic mass is 10.0. The molecule has 3 N–H and O–H groups in total. The Morgan fingerprint density at radius 2 is 1.82 bits per heavy atom. The van der Waals surface area contributed by atoms with Crippen LogP contribution in [0.25, 0.3) is 11.1 Å². The number of amides is 3. The van der Waals surface area contributed by atoms with Crippen LogP contribution in [0.3, 0.4) is 0 Å². The molecule has 0 saturated carbocycles. The second-order valence-corrected chi connectivity index (χ2v) is 8.60. The van der Waals surface area contributed by atoms with Crippen LogP contribution in [0.2, 0.25) is 0 Å². The first-order valence-electron chi connectivity index (χ1n) is 11.1. The van der Waals surface area contributed by atoms with E-state index in [1.165, 1.54) is 24.1 Å². The fourth-order valence-corrected chi connectivity index (χ4v) is 3.83. The van der Waals surface area contributed by atoms with E-state index in [2.05, 4.69) is 25.3 Å². The fourth-order valence-electron chi connectivity index (χ4n) is 3.44. The number of carbonyl (C=O) groups excluding carboxylic acids is 2. The van der Waals surface area contributed by atoms with Crippen molar-refractivity contribution < 1.29 is 31.5 Å². The summed E-state index contributed by atoms with van der Waals surface area (Å²) in [5, 5.41) is 4.77. The summed E-state index contributed by atoms with van der Waals surface area (Å²) in [4.78, 5) is 31.5. The standard InChI is InChI=1S/C24H23F5N6O2S/c1-14(32-23(37)33-20-12-30-19(11-31-20)24(27,28)29)9-10-35(13-36)18-8-7-16(21(25)22(18)26)15-5-3-4-6-17(15)34-38-2/h3-8,11-14,34H,9-10H2,1-2H3,(H2,31,32,33,37)/t14-/m0/s1. The van der Waals surface area contributed by atoms with E-state index in [-0.39, 0.29) is 30.0 Å². The summed E-state index contributed by atoms with van der Waals surface area (Å²) in [6.07, 6.45) is -1.12. The van der Waals surface area contributed by atoms with Gasteiger partial charge in [-0.25, -0.2) is 23.5 Å². The van der Waals surface area contributed by atoms with Crippen molar-refractivity contribution in [3.05, 3.63) is 66.1 Å². The molecule has 1 atom stereocenters. The van der Waals surface area contributed by atoms with Gasteiger partial charge in [-0.05, 0) is 31.5 Å². The summed E-state index contributed by atoms with van der Waals surface area (Å²) in [7, 11) is 0. The number of carbonyl (C=O) groups is 2. The summed E-state index contributed by atoms with van der Waals surface area (Å²) in [5.74, 6) is -2.52. The summed E-state index contributed by atoms with van der Waals surface area (Å²) < 4.78 is 70.8. The van der Waals surface area contributed by atoms with Crippen molar-refractivity contribution in [3.63, 3.8) is 0 Å². The largest absolute Gasteiger partial charge is 0.434 e. The third-order valence-electron chi connectivity index (χ3n) is 5.29. The SMILES string of the molecule is CSNc1ccccc1-c1ccc(N(C=O)CC[C@H](C)NC(=O)Nc2cnc(C(F)(F)F)cn2)c(F)c1F. The predicted molar refractivity (Wildman–Crippen MR) is 136 cm³/mol. The second-order valence-electron chi connectivity index (χ2n) is 7.98. The highest BCUT2D eigenvalue weighted by molar-refractivity contribution is 7.99. The van der Waals surface area contributed by atoms with E-state index in [0.29, 0.717) is 23.9 Å². The maximum atomic E-state index is 15.0. The van der Waals surface area contributed by atoms with Crippen molar-refractivity contribution in [1.82, 2.24) is 15.3 Å². The minimum Gasteiger partial charge on any atom is -0.335 e. The number of nitrogens with one attached hydrogen (secondary N) is 3. The highest BCUT2D eigenvalue weighted by Gasteiger charge is 2.32. The number of para-hydroxylation sites is 1. The molecule has 8 nitrogen and oxygen atoms in total. The number of urea groups is 1. The number of hydrogen-bond acceptors (Lipinski definition) is 6. The molecule has 2 aromatic carbocycles. The van der Waals surface area contributed by atoms with Crippen LogP contribution in [0.1, 0.15) is 19.0 Å². The Balaban J connectivity index is 1.63. The zero-order valence-corrected chi connectivity index (χ0v) is 21.0. The van der Waals surface area contributed by atoms with Crippen LogP contribution in [0.4, 0.5) is 43.9 Å². The van der Waals surface area contributed by atoms with E-state index in [1.807, 2.05) is 0 Å². The van der Waals surface area contributed by atoms with Gasteiger partial charge in [-0.1, -0.05) is 30.1 Å². The third kappa shape index (κ3) is 7.09. The monoisotopic (exact) mass is 554 g/mol. The minimum absolute atomic E-state index is 0.0207. The lowest BCUT2D eigenvalue weighted by molar-refractivity contribution is -0.141. The van der Waals surface area contributed by atoms with Gasteiger partial charge in [0.1, 0.15) is 0 Å². The maximum Gasteiger partial charge on any atom is 0.434 e. The lowest BCUT2D eigenvalue weighted by Crippen LogP contribution is -2.38. The fraction of sp³-hybridized carbons (Fsp3) is 0.250. The third-order valence-corrected chi connectivity index (χ3v) is 5.72. The Bertz CT molecular complexity index is 1280. The molecule has 38 heavy (non-hydrogen) atoms. The molecule has 0 aliphatic heterocycles. The van der Waals surface area contributed by atoms with Gasteiger partial charge in [-0.15, -0.1) is 0 Å². The minimum atomic E-state index is -4.66. The average Bonchev–Trinajstić information content (AvgIpc) is 2.87. The molecule has 202 valence electrons. The van der Waals surface area contributed by atoms with E-state index < -0.39 is 35.6 Å². The summed E-state index contributed by atoms with van der Waals surface area (Å²) in [6.45, 7) is 1.53. The molecule has 0 aliphatic carbocycles. The van der Waals surface area contributed by atoms with Crippen molar-refractivity contribution in [2.45, 2.75) is 25.6 Å². The molecule has 0 fully saturated rings. The number of aromatic nitrogens is 2. The van der Waals surface area contributed by atoms with Crippen molar-refractivity contribution in [1.29, 1.82) is 0 Å². The van der Waals surface area contributed by atoms with Gasteiger partial charge in [0, 0.05) is 30.0 Å². The smallest absolute Gasteiger partial charge is 0.335 e. The van der Waals surface area contributed by atoms with Gasteiger partial charge in [-0.3, -0.25) is 10.1 Å². The number of nitrogens with zero attached hydrogens (tertiary/aromatic N) is 3. The van der Waals surface area contributed by atoms with Crippen LogP contribution in [-0.2, 0) is 11.0 Å². The highest BCUT2D eigenvalue weighted by Crippen LogP contribution is 2.35. The zero-order chi connectivity index (χ0) is 27.9. The number of hydrogen-bond donors (Lipinski definition) is 3.